The fraction of sp³-hybridized carbons (Fsp3) is 0.478. The Morgan fingerprint density at radius 2 is 1.47 bits per heavy atom. The number of unbranched alkanes of at least 4 members (excludes halogenated alkanes) is 8. The van der Waals surface area contributed by atoms with Crippen LogP contribution >= 0.6 is 0 Å². The van der Waals surface area contributed by atoms with Crippen molar-refractivity contribution in [1.82, 2.24) is 0 Å². The van der Waals surface area contributed by atoms with Crippen LogP contribution in [0, 0.1) is 0 Å². The van der Waals surface area contributed by atoms with Crippen LogP contribution in [0.3, 0.4) is 0 Å². The van der Waals surface area contributed by atoms with Crippen LogP contribution in [0.4, 0.5) is 0 Å². The van der Waals surface area contributed by atoms with E-state index >= 15 is 0 Å². The molecule has 0 unspecified atom stereocenters. The first kappa shape index (κ1) is 27.6. The van der Waals surface area contributed by atoms with Gasteiger partial charge in [-0.15, -0.1) is 0 Å². The third kappa shape index (κ3) is 9.81. The average molecular weight is 459 g/mol. The van der Waals surface area contributed by atoms with Gasteiger partial charge in [0.25, 0.3) is 10.1 Å². The van der Waals surface area contributed by atoms with E-state index in [1.807, 2.05) is 18.2 Å². The Morgan fingerprint density at radius 1 is 0.900 bits per heavy atom. The molecule has 30 heavy (non-hydrogen) atoms. The van der Waals surface area contributed by atoms with Crippen LogP contribution in [-0.4, -0.2) is 13.0 Å². The zero-order valence-corrected chi connectivity index (χ0v) is 22.0. The summed E-state index contributed by atoms with van der Waals surface area (Å²) in [6.07, 6.45) is 11.2. The molecule has 0 saturated heterocycles. The summed E-state index contributed by atoms with van der Waals surface area (Å²) in [5.74, 6) is 0.141. The van der Waals surface area contributed by atoms with Crippen molar-refractivity contribution in [2.75, 3.05) is 0 Å². The third-order valence-electron chi connectivity index (χ3n) is 4.93. The van der Waals surface area contributed by atoms with E-state index in [1.54, 1.807) is 12.1 Å². The number of ether oxygens (including phenoxy) is 1. The fourth-order valence-electron chi connectivity index (χ4n) is 3.32. The Morgan fingerprint density at radius 3 is 2.03 bits per heavy atom. The van der Waals surface area contributed by atoms with Crippen LogP contribution in [0.15, 0.2) is 47.4 Å². The molecule has 0 aliphatic carbocycles. The average Bonchev–Trinajstić information content (AvgIpc) is 2.68. The first-order valence-electron chi connectivity index (χ1n) is 10.5. The van der Waals surface area contributed by atoms with Gasteiger partial charge in [0.2, 0.25) is 0 Å². The Bertz CT molecular complexity index is 853. The van der Waals surface area contributed by atoms with Gasteiger partial charge in [0.05, 0.1) is 4.90 Å². The second-order valence-corrected chi connectivity index (χ2v) is 8.77. The molecule has 0 aromatic heterocycles. The second kappa shape index (κ2) is 14.6. The van der Waals surface area contributed by atoms with Crippen molar-refractivity contribution in [3.8, 4) is 17.2 Å². The minimum absolute atomic E-state index is 0. The normalized spacial score (nSPS) is 11.1. The monoisotopic (exact) mass is 458 g/mol. The summed E-state index contributed by atoms with van der Waals surface area (Å²) in [5.41, 5.74) is 0.615. The van der Waals surface area contributed by atoms with Gasteiger partial charge in [-0.2, -0.15) is 8.42 Å². The van der Waals surface area contributed by atoms with E-state index < -0.39 is 20.8 Å². The molecule has 2 aromatic rings. The minimum Gasteiger partial charge on any atom is -0.871 e. The quantitative estimate of drug-likeness (QED) is 0.283. The fourth-order valence-corrected chi connectivity index (χ4v) is 3.92. The summed E-state index contributed by atoms with van der Waals surface area (Å²) in [6, 6.07) is 11.4. The van der Waals surface area contributed by atoms with E-state index in [0.29, 0.717) is 23.5 Å². The van der Waals surface area contributed by atoms with Gasteiger partial charge >= 0.3 is 51.4 Å². The van der Waals surface area contributed by atoms with Gasteiger partial charge in [0.1, 0.15) is 11.5 Å². The summed E-state index contributed by atoms with van der Waals surface area (Å²) >= 11 is 0. The first-order valence-corrected chi connectivity index (χ1v) is 11.9. The molecule has 0 bridgehead atoms. The van der Waals surface area contributed by atoms with Crippen LogP contribution in [0.5, 0.6) is 17.2 Å². The Hall–Kier alpha value is -0.414. The Balaban J connectivity index is 0.00000450. The van der Waals surface area contributed by atoms with E-state index in [4.69, 9.17) is 4.74 Å². The van der Waals surface area contributed by atoms with E-state index in [9.17, 15) is 18.1 Å². The third-order valence-corrected chi connectivity index (χ3v) is 5.80. The van der Waals surface area contributed by atoms with E-state index in [0.717, 1.165) is 25.3 Å². The number of aryl methyl sites for hydroxylation is 1. The molecular weight excluding hydrogens is 427 g/mol. The molecule has 0 atom stereocenters. The molecule has 5 nitrogen and oxygen atoms in total. The van der Waals surface area contributed by atoms with Crippen LogP contribution in [-0.2, 0) is 16.5 Å². The number of hydrogen-bond acceptors (Lipinski definition) is 4. The first-order chi connectivity index (χ1) is 13.9. The number of benzene rings is 2. The van der Waals surface area contributed by atoms with Crippen molar-refractivity contribution in [2.24, 2.45) is 0 Å². The van der Waals surface area contributed by atoms with E-state index in [1.165, 1.54) is 44.6 Å². The van der Waals surface area contributed by atoms with Crippen molar-refractivity contribution in [3.05, 3.63) is 48.0 Å². The maximum Gasteiger partial charge on any atom is 1.00 e. The van der Waals surface area contributed by atoms with Crippen LogP contribution in [0.1, 0.15) is 70.3 Å². The Labute approximate surface area is 223 Å². The van der Waals surface area contributed by atoms with Gasteiger partial charge in [0.15, 0.2) is 0 Å². The molecule has 0 amide bonds. The maximum absolute atomic E-state index is 12.1. The number of hydrogen-bond donors (Lipinski definition) is 1. The van der Waals surface area contributed by atoms with Crippen LogP contribution < -0.4 is 61.2 Å². The summed E-state index contributed by atoms with van der Waals surface area (Å²) in [7, 11) is -4.56. The van der Waals surface area contributed by atoms with Gasteiger partial charge < -0.3 is 9.84 Å². The maximum atomic E-state index is 12.1. The molecule has 2 rings (SSSR count). The predicted octanol–water partition coefficient (Wildman–Crippen LogP) is 2.88. The molecule has 0 heterocycles. The molecule has 0 aliphatic rings. The van der Waals surface area contributed by atoms with Crippen molar-refractivity contribution in [2.45, 2.75) is 76.0 Å². The molecule has 0 radical (unpaired) electrons. The molecule has 0 saturated carbocycles. The largest absolute Gasteiger partial charge is 1.00 e. The molecular formula is C23H31KO5S. The summed E-state index contributed by atoms with van der Waals surface area (Å²) in [5, 5.41) is 12.1. The van der Waals surface area contributed by atoms with Gasteiger partial charge in [-0.1, -0.05) is 82.2 Å². The minimum atomic E-state index is -4.56. The molecule has 0 aliphatic heterocycles. The summed E-state index contributed by atoms with van der Waals surface area (Å²) < 4.78 is 38.2. The summed E-state index contributed by atoms with van der Waals surface area (Å²) in [6.45, 7) is 2.21. The standard InChI is InChI=1S/C23H32O5S.K/c1-2-3-4-5-6-7-8-9-11-14-19-17-23(29(25,26)27)21(24)18-22(19)28-20-15-12-10-13-16-20;/h10,12-13,15-18,24H,2-9,11,14H2,1H3,(H,25,26,27);/q;+1/p-1. The number of rotatable bonds is 13. The smallest absolute Gasteiger partial charge is 0.871 e. The van der Waals surface area contributed by atoms with Gasteiger partial charge in [-0.3, -0.25) is 4.55 Å². The number of para-hydroxylation sites is 1. The van der Waals surface area contributed by atoms with Crippen molar-refractivity contribution in [3.63, 3.8) is 0 Å². The zero-order chi connectivity index (χ0) is 21.1. The zero-order valence-electron chi connectivity index (χ0n) is 18.1. The van der Waals surface area contributed by atoms with Crippen LogP contribution in [0.2, 0.25) is 0 Å². The van der Waals surface area contributed by atoms with Gasteiger partial charge in [-0.25, -0.2) is 0 Å². The van der Waals surface area contributed by atoms with Crippen molar-refractivity contribution < 1.29 is 74.2 Å². The van der Waals surface area contributed by atoms with Crippen LogP contribution in [0.25, 0.3) is 0 Å². The van der Waals surface area contributed by atoms with E-state index in [2.05, 4.69) is 6.92 Å². The molecule has 7 heteroatoms. The topological polar surface area (TPSA) is 86.7 Å². The molecule has 1 N–H and O–H groups in total. The van der Waals surface area contributed by atoms with Gasteiger partial charge in [0, 0.05) is 0 Å². The summed E-state index contributed by atoms with van der Waals surface area (Å²) in [4.78, 5) is -0.594. The van der Waals surface area contributed by atoms with Gasteiger partial charge in [-0.05, 0) is 42.7 Å². The SMILES string of the molecule is CCCCCCCCCCCc1cc(S(=O)(=O)O)c([O-])cc1Oc1ccccc1.[K+]. The van der Waals surface area contributed by atoms with E-state index in [-0.39, 0.29) is 51.4 Å². The van der Waals surface area contributed by atoms with Crippen molar-refractivity contribution in [1.29, 1.82) is 0 Å². The second-order valence-electron chi connectivity index (χ2n) is 7.38. The molecule has 0 spiro atoms. The molecule has 160 valence electrons. The molecule has 2 aromatic carbocycles. The molecule has 0 fully saturated rings. The Kier molecular flexibility index (Phi) is 13.5. The predicted molar refractivity (Wildman–Crippen MR) is 113 cm³/mol. The van der Waals surface area contributed by atoms with Crippen molar-refractivity contribution >= 4 is 10.1 Å².